The number of hydrogen-bond acceptors (Lipinski definition) is 3. The summed E-state index contributed by atoms with van der Waals surface area (Å²) in [6, 6.07) is 5.48. The zero-order valence-electron chi connectivity index (χ0n) is 10.1. The third-order valence-corrected chi connectivity index (χ3v) is 3.05. The quantitative estimate of drug-likeness (QED) is 0.851. The van der Waals surface area contributed by atoms with Gasteiger partial charge in [0.25, 0.3) is 0 Å². The highest BCUT2D eigenvalue weighted by atomic mass is 16.5. The first kappa shape index (κ1) is 11.9. The molecule has 1 N–H and O–H groups in total. The number of rotatable bonds is 2. The van der Waals surface area contributed by atoms with Crippen molar-refractivity contribution in [2.45, 2.75) is 26.4 Å². The van der Waals surface area contributed by atoms with Crippen molar-refractivity contribution in [1.82, 2.24) is 4.90 Å². The van der Waals surface area contributed by atoms with Crippen molar-refractivity contribution in [3.8, 4) is 5.75 Å². The summed E-state index contributed by atoms with van der Waals surface area (Å²) >= 11 is 0. The Kier molecular flexibility index (Phi) is 3.33. The lowest BCUT2D eigenvalue weighted by Crippen LogP contribution is -2.32. The summed E-state index contributed by atoms with van der Waals surface area (Å²) in [5.74, 6) is -0.0914. The van der Waals surface area contributed by atoms with Crippen molar-refractivity contribution >= 4 is 5.97 Å². The maximum Gasteiger partial charge on any atom is 0.335 e. The Balaban J connectivity index is 2.31. The van der Waals surface area contributed by atoms with Gasteiger partial charge < -0.3 is 9.84 Å². The Bertz CT molecular complexity index is 429. The molecule has 1 aliphatic heterocycles. The van der Waals surface area contributed by atoms with Crippen molar-refractivity contribution in [2.75, 3.05) is 13.2 Å². The normalized spacial score (nSPS) is 16.2. The van der Waals surface area contributed by atoms with Crippen LogP contribution >= 0.6 is 0 Å². The van der Waals surface area contributed by atoms with E-state index in [9.17, 15) is 4.79 Å². The van der Waals surface area contributed by atoms with Crippen LogP contribution in [0, 0.1) is 0 Å². The molecule has 0 amide bonds. The molecule has 1 heterocycles. The summed E-state index contributed by atoms with van der Waals surface area (Å²) < 4.78 is 5.63. The monoisotopic (exact) mass is 235 g/mol. The van der Waals surface area contributed by atoms with Gasteiger partial charge in [0, 0.05) is 24.7 Å². The van der Waals surface area contributed by atoms with E-state index in [0.29, 0.717) is 18.2 Å². The van der Waals surface area contributed by atoms with Crippen molar-refractivity contribution < 1.29 is 14.6 Å². The summed E-state index contributed by atoms with van der Waals surface area (Å²) in [5.41, 5.74) is 1.27. The molecule has 92 valence electrons. The Morgan fingerprint density at radius 1 is 1.47 bits per heavy atom. The minimum Gasteiger partial charge on any atom is -0.492 e. The zero-order valence-corrected chi connectivity index (χ0v) is 10.1. The van der Waals surface area contributed by atoms with E-state index in [-0.39, 0.29) is 0 Å². The summed E-state index contributed by atoms with van der Waals surface area (Å²) in [6.45, 7) is 6.53. The molecule has 1 aliphatic rings. The lowest BCUT2D eigenvalue weighted by molar-refractivity contribution is 0.0696. The topological polar surface area (TPSA) is 49.8 Å². The Labute approximate surface area is 101 Å². The Hall–Kier alpha value is -1.55. The average molecular weight is 235 g/mol. The molecule has 0 saturated heterocycles. The molecular formula is C13H17NO3. The van der Waals surface area contributed by atoms with Gasteiger partial charge in [0.2, 0.25) is 0 Å². The number of ether oxygens (including phenoxy) is 1. The zero-order chi connectivity index (χ0) is 12.4. The first-order valence-corrected chi connectivity index (χ1v) is 5.81. The molecule has 0 aliphatic carbocycles. The van der Waals surface area contributed by atoms with Crippen LogP contribution in [0.4, 0.5) is 0 Å². The lowest BCUT2D eigenvalue weighted by Gasteiger charge is -2.23. The number of carboxylic acids is 1. The highest BCUT2D eigenvalue weighted by Gasteiger charge is 2.18. The number of hydrogen-bond donors (Lipinski definition) is 1. The molecule has 1 aromatic rings. The fourth-order valence-corrected chi connectivity index (χ4v) is 1.99. The van der Waals surface area contributed by atoms with E-state index in [1.807, 2.05) is 0 Å². The van der Waals surface area contributed by atoms with Crippen LogP contribution in [0.3, 0.4) is 0 Å². The minimum atomic E-state index is -0.895. The average Bonchev–Trinajstić information content (AvgIpc) is 2.49. The van der Waals surface area contributed by atoms with E-state index < -0.39 is 5.97 Å². The van der Waals surface area contributed by atoms with Crippen LogP contribution in [0.25, 0.3) is 0 Å². The molecule has 0 bridgehead atoms. The van der Waals surface area contributed by atoms with E-state index in [2.05, 4.69) is 18.7 Å². The van der Waals surface area contributed by atoms with E-state index in [1.54, 1.807) is 18.2 Å². The van der Waals surface area contributed by atoms with Crippen molar-refractivity contribution in [3.63, 3.8) is 0 Å². The van der Waals surface area contributed by atoms with Gasteiger partial charge in [0.1, 0.15) is 12.4 Å². The molecule has 17 heavy (non-hydrogen) atoms. The van der Waals surface area contributed by atoms with Crippen molar-refractivity contribution in [2.24, 2.45) is 0 Å². The first-order valence-electron chi connectivity index (χ1n) is 5.81. The highest BCUT2D eigenvalue weighted by molar-refractivity contribution is 5.88. The van der Waals surface area contributed by atoms with Gasteiger partial charge in [-0.2, -0.15) is 0 Å². The molecule has 4 nitrogen and oxygen atoms in total. The molecule has 0 fully saturated rings. The van der Waals surface area contributed by atoms with Crippen LogP contribution in [0.15, 0.2) is 18.2 Å². The Morgan fingerprint density at radius 2 is 2.24 bits per heavy atom. The molecule has 0 unspecified atom stereocenters. The predicted octanol–water partition coefficient (Wildman–Crippen LogP) is 1.99. The summed E-state index contributed by atoms with van der Waals surface area (Å²) in [5, 5.41) is 8.98. The van der Waals surface area contributed by atoms with Gasteiger partial charge in [-0.1, -0.05) is 0 Å². The Morgan fingerprint density at radius 3 is 2.88 bits per heavy atom. The van der Waals surface area contributed by atoms with E-state index in [1.165, 1.54) is 0 Å². The van der Waals surface area contributed by atoms with Gasteiger partial charge in [-0.05, 0) is 32.0 Å². The van der Waals surface area contributed by atoms with Crippen LogP contribution in [-0.4, -0.2) is 35.2 Å². The number of aromatic carboxylic acids is 1. The number of benzene rings is 1. The SMILES string of the molecule is CC(C)N1CCOc2ccc(C(=O)O)cc2C1. The van der Waals surface area contributed by atoms with E-state index in [0.717, 1.165) is 24.4 Å². The van der Waals surface area contributed by atoms with Gasteiger partial charge in [0.05, 0.1) is 5.56 Å². The number of carboxylic acid groups (broad SMARTS) is 1. The fraction of sp³-hybridized carbons (Fsp3) is 0.462. The minimum absolute atomic E-state index is 0.318. The third-order valence-electron chi connectivity index (χ3n) is 3.05. The molecule has 0 atom stereocenters. The molecule has 2 rings (SSSR count). The maximum absolute atomic E-state index is 10.9. The van der Waals surface area contributed by atoms with Gasteiger partial charge in [-0.3, -0.25) is 4.90 Å². The lowest BCUT2D eigenvalue weighted by atomic mass is 10.1. The smallest absolute Gasteiger partial charge is 0.335 e. The fourth-order valence-electron chi connectivity index (χ4n) is 1.99. The molecule has 0 aromatic heterocycles. The highest BCUT2D eigenvalue weighted by Crippen LogP contribution is 2.25. The second-order valence-corrected chi connectivity index (χ2v) is 4.54. The summed E-state index contributed by atoms with van der Waals surface area (Å²) in [7, 11) is 0. The van der Waals surface area contributed by atoms with Crippen LogP contribution < -0.4 is 4.74 Å². The van der Waals surface area contributed by atoms with E-state index in [4.69, 9.17) is 9.84 Å². The van der Waals surface area contributed by atoms with Crippen LogP contribution in [-0.2, 0) is 6.54 Å². The standard InChI is InChI=1S/C13H17NO3/c1-9(2)14-5-6-17-12-4-3-10(13(15)16)7-11(12)8-14/h3-4,7,9H,5-6,8H2,1-2H3,(H,15,16). The first-order chi connectivity index (χ1) is 8.08. The molecule has 0 radical (unpaired) electrons. The number of fused-ring (bicyclic) bond motifs is 1. The molecule has 1 aromatic carbocycles. The van der Waals surface area contributed by atoms with Gasteiger partial charge in [-0.25, -0.2) is 4.79 Å². The predicted molar refractivity (Wildman–Crippen MR) is 64.4 cm³/mol. The van der Waals surface area contributed by atoms with E-state index >= 15 is 0 Å². The summed E-state index contributed by atoms with van der Waals surface area (Å²) in [6.07, 6.45) is 0. The molecule has 4 heteroatoms. The van der Waals surface area contributed by atoms with Gasteiger partial charge >= 0.3 is 5.97 Å². The number of nitrogens with zero attached hydrogens (tertiary/aromatic N) is 1. The number of carbonyl (C=O) groups is 1. The molecular weight excluding hydrogens is 218 g/mol. The maximum atomic E-state index is 10.9. The second kappa shape index (κ2) is 4.75. The van der Waals surface area contributed by atoms with Crippen molar-refractivity contribution in [3.05, 3.63) is 29.3 Å². The third kappa shape index (κ3) is 2.58. The molecule has 0 saturated carbocycles. The second-order valence-electron chi connectivity index (χ2n) is 4.54. The van der Waals surface area contributed by atoms with Crippen LogP contribution in [0.1, 0.15) is 29.8 Å². The molecule has 0 spiro atoms. The van der Waals surface area contributed by atoms with Gasteiger partial charge in [-0.15, -0.1) is 0 Å². The van der Waals surface area contributed by atoms with Crippen LogP contribution in [0.5, 0.6) is 5.75 Å². The summed E-state index contributed by atoms with van der Waals surface area (Å²) in [4.78, 5) is 13.2. The van der Waals surface area contributed by atoms with Gasteiger partial charge in [0.15, 0.2) is 0 Å². The largest absolute Gasteiger partial charge is 0.492 e. The van der Waals surface area contributed by atoms with Crippen molar-refractivity contribution in [1.29, 1.82) is 0 Å². The van der Waals surface area contributed by atoms with Crippen LogP contribution in [0.2, 0.25) is 0 Å².